The van der Waals surface area contributed by atoms with Crippen molar-refractivity contribution in [2.45, 2.75) is 51.4 Å². The van der Waals surface area contributed by atoms with Crippen molar-refractivity contribution in [2.75, 3.05) is 17.2 Å². The Bertz CT molecular complexity index is 620. The number of nitrogens with zero attached hydrogens (tertiary/aromatic N) is 3. The molecule has 0 spiro atoms. The SMILES string of the molecule is CCNc1nc(N[C@H](C)C(F)(F)F)nc(C2=C(F)C(O)CCC2)n1. The van der Waals surface area contributed by atoms with Crippen LogP contribution in [0.15, 0.2) is 5.83 Å². The molecule has 24 heavy (non-hydrogen) atoms. The van der Waals surface area contributed by atoms with Crippen molar-refractivity contribution in [1.29, 1.82) is 0 Å². The van der Waals surface area contributed by atoms with E-state index in [9.17, 15) is 22.7 Å². The fourth-order valence-electron chi connectivity index (χ4n) is 2.23. The van der Waals surface area contributed by atoms with Crippen LogP contribution in [-0.4, -0.2) is 44.9 Å². The van der Waals surface area contributed by atoms with Crippen LogP contribution in [-0.2, 0) is 0 Å². The number of aliphatic hydroxyl groups excluding tert-OH is 1. The van der Waals surface area contributed by atoms with Gasteiger partial charge in [0.05, 0.1) is 0 Å². The molecule has 0 saturated heterocycles. The van der Waals surface area contributed by atoms with Gasteiger partial charge in [0.25, 0.3) is 0 Å². The molecule has 0 saturated carbocycles. The second-order valence-corrected chi connectivity index (χ2v) is 5.48. The fourth-order valence-corrected chi connectivity index (χ4v) is 2.23. The minimum absolute atomic E-state index is 0.0414. The summed E-state index contributed by atoms with van der Waals surface area (Å²) < 4.78 is 52.2. The molecular weight excluding hydrogens is 330 g/mol. The zero-order valence-electron chi connectivity index (χ0n) is 13.3. The van der Waals surface area contributed by atoms with Crippen LogP contribution >= 0.6 is 0 Å². The maximum absolute atomic E-state index is 14.1. The highest BCUT2D eigenvalue weighted by molar-refractivity contribution is 5.65. The van der Waals surface area contributed by atoms with Crippen molar-refractivity contribution in [3.05, 3.63) is 11.7 Å². The number of alkyl halides is 3. The number of aromatic nitrogens is 3. The average molecular weight is 349 g/mol. The lowest BCUT2D eigenvalue weighted by Gasteiger charge is -2.20. The Morgan fingerprint density at radius 1 is 1.25 bits per heavy atom. The van der Waals surface area contributed by atoms with Gasteiger partial charge in [-0.3, -0.25) is 0 Å². The molecule has 0 aromatic carbocycles. The fraction of sp³-hybridized carbons (Fsp3) is 0.643. The predicted octanol–water partition coefficient (Wildman–Crippen LogP) is 2.89. The molecule has 1 aliphatic carbocycles. The summed E-state index contributed by atoms with van der Waals surface area (Å²) in [6.45, 7) is 3.13. The molecule has 1 heterocycles. The molecule has 0 fully saturated rings. The van der Waals surface area contributed by atoms with E-state index < -0.39 is 24.1 Å². The van der Waals surface area contributed by atoms with E-state index in [4.69, 9.17) is 0 Å². The first-order chi connectivity index (χ1) is 11.2. The second kappa shape index (κ2) is 7.29. The Morgan fingerprint density at radius 3 is 2.54 bits per heavy atom. The summed E-state index contributed by atoms with van der Waals surface area (Å²) in [5, 5.41) is 14.5. The molecule has 0 amide bonds. The predicted molar refractivity (Wildman–Crippen MR) is 81.0 cm³/mol. The molecule has 2 rings (SSSR count). The molecule has 1 aliphatic rings. The van der Waals surface area contributed by atoms with Crippen molar-refractivity contribution < 1.29 is 22.7 Å². The molecule has 10 heteroatoms. The van der Waals surface area contributed by atoms with Gasteiger partial charge in [-0.25, -0.2) is 4.39 Å². The highest BCUT2D eigenvalue weighted by Gasteiger charge is 2.36. The molecular formula is C14H19F4N5O. The minimum Gasteiger partial charge on any atom is -0.386 e. The number of hydrogen-bond acceptors (Lipinski definition) is 6. The van der Waals surface area contributed by atoms with E-state index in [0.717, 1.165) is 6.92 Å². The van der Waals surface area contributed by atoms with Crippen LogP contribution in [0.2, 0.25) is 0 Å². The summed E-state index contributed by atoms with van der Waals surface area (Å²) in [5.74, 6) is -1.08. The van der Waals surface area contributed by atoms with Crippen LogP contribution in [0.3, 0.4) is 0 Å². The van der Waals surface area contributed by atoms with Gasteiger partial charge in [-0.1, -0.05) is 0 Å². The first kappa shape index (κ1) is 18.4. The number of halogens is 4. The Hall–Kier alpha value is -1.97. The highest BCUT2D eigenvalue weighted by atomic mass is 19.4. The summed E-state index contributed by atoms with van der Waals surface area (Å²) in [7, 11) is 0. The number of nitrogens with one attached hydrogen (secondary N) is 2. The molecule has 0 aliphatic heterocycles. The van der Waals surface area contributed by atoms with Gasteiger partial charge >= 0.3 is 6.18 Å². The van der Waals surface area contributed by atoms with Gasteiger partial charge in [-0.2, -0.15) is 28.1 Å². The lowest BCUT2D eigenvalue weighted by molar-refractivity contribution is -0.138. The lowest BCUT2D eigenvalue weighted by Crippen LogP contribution is -2.34. The first-order valence-electron chi connectivity index (χ1n) is 7.62. The van der Waals surface area contributed by atoms with E-state index in [0.29, 0.717) is 19.4 Å². The number of anilines is 2. The zero-order valence-corrected chi connectivity index (χ0v) is 13.3. The quantitative estimate of drug-likeness (QED) is 0.709. The number of aliphatic hydroxyl groups is 1. The third-order valence-electron chi connectivity index (χ3n) is 3.56. The van der Waals surface area contributed by atoms with Crippen molar-refractivity contribution in [2.24, 2.45) is 0 Å². The molecule has 0 bridgehead atoms. The van der Waals surface area contributed by atoms with E-state index in [1.807, 2.05) is 0 Å². The van der Waals surface area contributed by atoms with Crippen molar-refractivity contribution in [3.63, 3.8) is 0 Å². The van der Waals surface area contributed by atoms with Gasteiger partial charge < -0.3 is 15.7 Å². The molecule has 1 unspecified atom stereocenters. The van der Waals surface area contributed by atoms with E-state index in [-0.39, 0.29) is 29.7 Å². The van der Waals surface area contributed by atoms with Gasteiger partial charge in [0.15, 0.2) is 5.82 Å². The molecule has 1 aromatic rings. The van der Waals surface area contributed by atoms with Crippen LogP contribution in [0.5, 0.6) is 0 Å². The first-order valence-corrected chi connectivity index (χ1v) is 7.62. The normalized spacial score (nSPS) is 20.0. The lowest BCUT2D eigenvalue weighted by atomic mass is 9.96. The van der Waals surface area contributed by atoms with Crippen molar-refractivity contribution >= 4 is 17.5 Å². The standard InChI is InChI=1S/C14H19F4N5O/c1-3-19-12-21-11(8-5-4-6-9(24)10(8)15)22-13(23-12)20-7(2)14(16,17)18/h7,9,24H,3-6H2,1-2H3,(H2,19,20,21,22,23)/t7-,9?/m1/s1. The number of allylic oxidation sites excluding steroid dienone is 1. The second-order valence-electron chi connectivity index (χ2n) is 5.48. The third-order valence-corrected chi connectivity index (χ3v) is 3.56. The summed E-state index contributed by atoms with van der Waals surface area (Å²) >= 11 is 0. The van der Waals surface area contributed by atoms with Crippen LogP contribution in [0.4, 0.5) is 29.5 Å². The Morgan fingerprint density at radius 2 is 1.92 bits per heavy atom. The van der Waals surface area contributed by atoms with Gasteiger partial charge in [-0.15, -0.1) is 0 Å². The molecule has 6 nitrogen and oxygen atoms in total. The van der Waals surface area contributed by atoms with Gasteiger partial charge in [-0.05, 0) is 33.1 Å². The molecule has 3 N–H and O–H groups in total. The largest absolute Gasteiger partial charge is 0.408 e. The van der Waals surface area contributed by atoms with Crippen LogP contribution in [0.1, 0.15) is 38.9 Å². The molecule has 134 valence electrons. The monoisotopic (exact) mass is 349 g/mol. The Labute approximate surface area is 136 Å². The van der Waals surface area contributed by atoms with Crippen LogP contribution < -0.4 is 10.6 Å². The van der Waals surface area contributed by atoms with Crippen LogP contribution in [0.25, 0.3) is 5.57 Å². The summed E-state index contributed by atoms with van der Waals surface area (Å²) in [4.78, 5) is 11.8. The third kappa shape index (κ3) is 4.31. The maximum Gasteiger partial charge on any atom is 0.408 e. The summed E-state index contributed by atoms with van der Waals surface area (Å²) in [5.41, 5.74) is 0.0954. The van der Waals surface area contributed by atoms with E-state index in [2.05, 4.69) is 25.6 Å². The molecule has 2 atom stereocenters. The number of hydrogen-bond donors (Lipinski definition) is 3. The topological polar surface area (TPSA) is 83.0 Å². The highest BCUT2D eigenvalue weighted by Crippen LogP contribution is 2.32. The smallest absolute Gasteiger partial charge is 0.386 e. The molecule has 0 radical (unpaired) electrons. The summed E-state index contributed by atoms with van der Waals surface area (Å²) in [6, 6.07) is -1.88. The van der Waals surface area contributed by atoms with Crippen molar-refractivity contribution in [1.82, 2.24) is 15.0 Å². The number of rotatable bonds is 5. The Kier molecular flexibility index (Phi) is 5.58. The zero-order chi connectivity index (χ0) is 17.9. The van der Waals surface area contributed by atoms with Gasteiger partial charge in [0, 0.05) is 12.1 Å². The Balaban J connectivity index is 2.39. The minimum atomic E-state index is -4.48. The van der Waals surface area contributed by atoms with Crippen LogP contribution in [0, 0.1) is 0 Å². The van der Waals surface area contributed by atoms with Gasteiger partial charge in [0.1, 0.15) is 18.0 Å². The maximum atomic E-state index is 14.1. The molecule has 1 aromatic heterocycles. The average Bonchev–Trinajstić information content (AvgIpc) is 2.49. The summed E-state index contributed by atoms with van der Waals surface area (Å²) in [6.07, 6.45) is -4.59. The van der Waals surface area contributed by atoms with E-state index in [1.54, 1.807) is 6.92 Å². The van der Waals surface area contributed by atoms with Crippen molar-refractivity contribution in [3.8, 4) is 0 Å². The van der Waals surface area contributed by atoms with E-state index in [1.165, 1.54) is 0 Å². The van der Waals surface area contributed by atoms with Gasteiger partial charge in [0.2, 0.25) is 11.9 Å². The van der Waals surface area contributed by atoms with E-state index >= 15 is 0 Å².